The summed E-state index contributed by atoms with van der Waals surface area (Å²) in [6.45, 7) is -1.17. The Labute approximate surface area is 143 Å². The Morgan fingerprint density at radius 3 is 2.46 bits per heavy atom. The zero-order valence-electron chi connectivity index (χ0n) is 12.8. The molecule has 1 unspecified atom stereocenters. The molecule has 1 saturated heterocycles. The Morgan fingerprint density at radius 1 is 1.38 bits per heavy atom. The van der Waals surface area contributed by atoms with E-state index >= 15 is 0 Å². The summed E-state index contributed by atoms with van der Waals surface area (Å²) in [5.74, 6) is -2.28. The topological polar surface area (TPSA) is 95.0 Å². The molecule has 1 aromatic carbocycles. The van der Waals surface area contributed by atoms with Crippen LogP contribution in [0.25, 0.3) is 0 Å². The van der Waals surface area contributed by atoms with E-state index in [4.69, 9.17) is 16.7 Å². The third-order valence-corrected chi connectivity index (χ3v) is 5.90. The Morgan fingerprint density at radius 2 is 1.96 bits per heavy atom. The minimum Gasteiger partial charge on any atom is -0.479 e. The first-order chi connectivity index (χ1) is 11.1. The summed E-state index contributed by atoms with van der Waals surface area (Å²) in [4.78, 5) is 24.0. The normalized spacial score (nSPS) is 21.2. The molecule has 10 heteroatoms. The lowest BCUT2D eigenvalue weighted by molar-refractivity contribution is -0.150. The van der Waals surface area contributed by atoms with Crippen molar-refractivity contribution >= 4 is 33.5 Å². The van der Waals surface area contributed by atoms with Crippen LogP contribution in [0.2, 0.25) is 5.02 Å². The molecule has 1 atom stereocenters. The molecule has 1 fully saturated rings. The maximum Gasteiger partial charge on any atom is 0.343 e. The summed E-state index contributed by atoms with van der Waals surface area (Å²) in [7, 11) is -2.69. The van der Waals surface area contributed by atoms with E-state index in [1.54, 1.807) is 0 Å². The zero-order chi connectivity index (χ0) is 18.1. The number of hydrogen-bond donors (Lipinski definition) is 1. The van der Waals surface area contributed by atoms with Crippen LogP contribution in [-0.2, 0) is 19.6 Å². The molecule has 24 heavy (non-hydrogen) atoms. The molecule has 1 aliphatic rings. The van der Waals surface area contributed by atoms with Crippen molar-refractivity contribution in [3.63, 3.8) is 0 Å². The van der Waals surface area contributed by atoms with Crippen LogP contribution >= 0.6 is 11.6 Å². The van der Waals surface area contributed by atoms with Gasteiger partial charge < -0.3 is 10.0 Å². The molecule has 0 aromatic heterocycles. The maximum atomic E-state index is 14.0. The third kappa shape index (κ3) is 3.68. The van der Waals surface area contributed by atoms with Crippen molar-refractivity contribution in [1.82, 2.24) is 9.21 Å². The third-order valence-electron chi connectivity index (χ3n) is 3.84. The fraction of sp³-hybridized carbons (Fsp3) is 0.429. The van der Waals surface area contributed by atoms with Gasteiger partial charge in [0.15, 0.2) is 0 Å². The predicted octanol–water partition coefficient (Wildman–Crippen LogP) is 0.986. The Kier molecular flexibility index (Phi) is 5.17. The number of sulfonamides is 1. The van der Waals surface area contributed by atoms with Crippen molar-refractivity contribution < 1.29 is 27.5 Å². The summed E-state index contributed by atoms with van der Waals surface area (Å²) in [6, 6.07) is 5.45. The minimum absolute atomic E-state index is 0.0333. The number of rotatable bonds is 5. The number of likely N-dealkylation sites (N-methyl/N-ethyl adjacent to an activating group) is 1. The molecule has 0 radical (unpaired) electrons. The van der Waals surface area contributed by atoms with E-state index in [0.29, 0.717) is 5.02 Å². The van der Waals surface area contributed by atoms with Crippen molar-refractivity contribution in [2.45, 2.75) is 17.0 Å². The molecule has 7 nitrogen and oxygen atoms in total. The number of carbonyl (C=O) groups is 2. The van der Waals surface area contributed by atoms with Gasteiger partial charge in [0.05, 0.1) is 18.0 Å². The van der Waals surface area contributed by atoms with Gasteiger partial charge in [-0.3, -0.25) is 4.79 Å². The van der Waals surface area contributed by atoms with Gasteiger partial charge in [0.1, 0.15) is 0 Å². The second-order valence-corrected chi connectivity index (χ2v) is 8.03. The fourth-order valence-corrected chi connectivity index (χ4v) is 3.57. The summed E-state index contributed by atoms with van der Waals surface area (Å²) < 4.78 is 39.6. The van der Waals surface area contributed by atoms with Crippen molar-refractivity contribution in [2.24, 2.45) is 0 Å². The predicted molar refractivity (Wildman–Crippen MR) is 83.9 cm³/mol. The van der Waals surface area contributed by atoms with Gasteiger partial charge in [0.25, 0.3) is 0 Å². The molecule has 1 amide bonds. The highest BCUT2D eigenvalue weighted by atomic mass is 35.5. The first-order valence-electron chi connectivity index (χ1n) is 6.98. The summed E-state index contributed by atoms with van der Waals surface area (Å²) in [5, 5.41) is 9.20. The van der Waals surface area contributed by atoms with Crippen LogP contribution in [-0.4, -0.2) is 67.0 Å². The smallest absolute Gasteiger partial charge is 0.343 e. The number of carboxylic acid groups (broad SMARTS) is 1. The van der Waals surface area contributed by atoms with Crippen molar-refractivity contribution in [2.75, 3.05) is 26.7 Å². The summed E-state index contributed by atoms with van der Waals surface area (Å²) >= 11 is 5.71. The van der Waals surface area contributed by atoms with Crippen LogP contribution in [0.1, 0.15) is 6.42 Å². The highest BCUT2D eigenvalue weighted by Crippen LogP contribution is 2.26. The van der Waals surface area contributed by atoms with Crippen molar-refractivity contribution in [3.05, 3.63) is 29.3 Å². The van der Waals surface area contributed by atoms with Crippen molar-refractivity contribution in [3.8, 4) is 0 Å². The van der Waals surface area contributed by atoms with Gasteiger partial charge in [-0.2, -0.15) is 4.31 Å². The van der Waals surface area contributed by atoms with E-state index in [2.05, 4.69) is 0 Å². The van der Waals surface area contributed by atoms with Crippen LogP contribution < -0.4 is 0 Å². The van der Waals surface area contributed by atoms with Crippen LogP contribution in [0.3, 0.4) is 0 Å². The molecule has 2 rings (SSSR count). The molecule has 1 aromatic rings. The van der Waals surface area contributed by atoms with E-state index in [-0.39, 0.29) is 17.9 Å². The van der Waals surface area contributed by atoms with Gasteiger partial charge >= 0.3 is 5.97 Å². The average Bonchev–Trinajstić information content (AvgIpc) is 2.91. The fourth-order valence-electron chi connectivity index (χ4n) is 2.32. The minimum atomic E-state index is -3.91. The molecule has 1 N–H and O–H groups in total. The lowest BCUT2D eigenvalue weighted by atomic mass is 10.1. The molecule has 0 saturated carbocycles. The van der Waals surface area contributed by atoms with E-state index in [9.17, 15) is 22.4 Å². The molecular weight excluding hydrogens is 363 g/mol. The number of alkyl halides is 1. The number of hydrogen-bond acceptors (Lipinski definition) is 4. The van der Waals surface area contributed by atoms with Crippen LogP contribution in [0.15, 0.2) is 29.2 Å². The first-order valence-corrected chi connectivity index (χ1v) is 8.80. The lowest BCUT2D eigenvalue weighted by Gasteiger charge is -2.22. The number of aliphatic carboxylic acids is 1. The van der Waals surface area contributed by atoms with Crippen LogP contribution in [0.5, 0.6) is 0 Å². The van der Waals surface area contributed by atoms with E-state index in [1.807, 2.05) is 0 Å². The SMILES string of the molecule is CN(CC(=O)N1CCC(F)(C(=O)O)C1)S(=O)(=O)c1ccc(Cl)cc1. The van der Waals surface area contributed by atoms with Crippen LogP contribution in [0.4, 0.5) is 4.39 Å². The van der Waals surface area contributed by atoms with E-state index < -0.39 is 40.7 Å². The average molecular weight is 379 g/mol. The van der Waals surface area contributed by atoms with E-state index in [0.717, 1.165) is 9.21 Å². The number of amides is 1. The van der Waals surface area contributed by atoms with Gasteiger partial charge in [0.2, 0.25) is 21.6 Å². The van der Waals surface area contributed by atoms with Gasteiger partial charge in [-0.1, -0.05) is 11.6 Å². The number of halogens is 2. The Balaban J connectivity index is 2.06. The highest BCUT2D eigenvalue weighted by molar-refractivity contribution is 7.89. The molecule has 1 heterocycles. The van der Waals surface area contributed by atoms with Gasteiger partial charge in [-0.25, -0.2) is 17.6 Å². The standard InChI is InChI=1S/C14H16ClFN2O5S/c1-17(24(22,23)11-4-2-10(15)3-5-11)8-12(19)18-7-6-14(16,9-18)13(20)21/h2-5H,6-9H2,1H3,(H,20,21). The Bertz CT molecular complexity index is 755. The zero-order valence-corrected chi connectivity index (χ0v) is 14.3. The molecule has 0 bridgehead atoms. The summed E-state index contributed by atoms with van der Waals surface area (Å²) in [6.07, 6.45) is -0.318. The molecule has 0 aliphatic carbocycles. The second-order valence-electron chi connectivity index (χ2n) is 5.55. The molecule has 132 valence electrons. The number of likely N-dealkylation sites (tertiary alicyclic amines) is 1. The number of carboxylic acids is 1. The quantitative estimate of drug-likeness (QED) is 0.824. The van der Waals surface area contributed by atoms with Crippen LogP contribution in [0, 0.1) is 0 Å². The first kappa shape index (κ1) is 18.6. The molecule has 0 spiro atoms. The largest absolute Gasteiger partial charge is 0.479 e. The number of nitrogens with zero attached hydrogens (tertiary/aromatic N) is 2. The molecule has 1 aliphatic heterocycles. The Hall–Kier alpha value is -1.71. The number of benzene rings is 1. The monoisotopic (exact) mass is 378 g/mol. The van der Waals surface area contributed by atoms with Gasteiger partial charge in [-0.15, -0.1) is 0 Å². The lowest BCUT2D eigenvalue weighted by Crippen LogP contribution is -2.43. The van der Waals surface area contributed by atoms with Gasteiger partial charge in [0, 0.05) is 25.0 Å². The van der Waals surface area contributed by atoms with E-state index in [1.165, 1.54) is 31.3 Å². The number of carbonyl (C=O) groups excluding carboxylic acids is 1. The van der Waals surface area contributed by atoms with Gasteiger partial charge in [-0.05, 0) is 24.3 Å². The molecular formula is C14H16ClFN2O5S. The van der Waals surface area contributed by atoms with Crippen molar-refractivity contribution in [1.29, 1.82) is 0 Å². The second kappa shape index (κ2) is 6.66. The highest BCUT2D eigenvalue weighted by Gasteiger charge is 2.47. The maximum absolute atomic E-state index is 14.0. The summed E-state index contributed by atoms with van der Waals surface area (Å²) in [5.41, 5.74) is -2.48.